The maximum atomic E-state index is 12.6. The number of nitrogens with one attached hydrogen (secondary N) is 1. The molecule has 2 aliphatic heterocycles. The van der Waals surface area contributed by atoms with Gasteiger partial charge in [0.1, 0.15) is 5.75 Å². The molecule has 1 aromatic carbocycles. The van der Waals surface area contributed by atoms with Gasteiger partial charge in [0.25, 0.3) is 0 Å². The summed E-state index contributed by atoms with van der Waals surface area (Å²) in [5.41, 5.74) is 1.08. The fraction of sp³-hybridized carbons (Fsp3) is 0.556. The zero-order valence-electron chi connectivity index (χ0n) is 14.6. The van der Waals surface area contributed by atoms with E-state index in [0.29, 0.717) is 13.1 Å². The molecule has 1 aromatic rings. The number of carbonyl (C=O) groups is 2. The number of hydrogen-bond donors (Lipinski definition) is 1. The normalized spacial score (nSPS) is 21.7. The van der Waals surface area contributed by atoms with Crippen molar-refractivity contribution in [3.05, 3.63) is 29.8 Å². The van der Waals surface area contributed by atoms with Gasteiger partial charge in [-0.25, -0.2) is 0 Å². The van der Waals surface area contributed by atoms with Crippen LogP contribution in [0.25, 0.3) is 0 Å². The van der Waals surface area contributed by atoms with Crippen molar-refractivity contribution in [1.82, 2.24) is 15.1 Å². The summed E-state index contributed by atoms with van der Waals surface area (Å²) in [4.78, 5) is 29.0. The van der Waals surface area contributed by atoms with Gasteiger partial charge in [-0.05, 0) is 17.7 Å². The average molecular weight is 363 g/mol. The molecule has 1 atom stereocenters. The quantitative estimate of drug-likeness (QED) is 0.844. The Labute approximate surface area is 152 Å². The Hall–Kier alpha value is -1.73. The zero-order chi connectivity index (χ0) is 17.6. The average Bonchev–Trinajstić information content (AvgIpc) is 2.65. The molecule has 3 rings (SSSR count). The van der Waals surface area contributed by atoms with Crippen molar-refractivity contribution in [1.29, 1.82) is 0 Å². The van der Waals surface area contributed by atoms with Crippen LogP contribution in [0.1, 0.15) is 12.0 Å². The van der Waals surface area contributed by atoms with Gasteiger partial charge in [-0.15, -0.1) is 0 Å². The first-order valence-electron chi connectivity index (χ1n) is 8.67. The number of hydrogen-bond acceptors (Lipinski definition) is 5. The summed E-state index contributed by atoms with van der Waals surface area (Å²) in [7, 11) is 1.64. The molecule has 2 fully saturated rings. The third-order valence-corrected chi connectivity index (χ3v) is 5.64. The Morgan fingerprint density at radius 1 is 1.32 bits per heavy atom. The highest BCUT2D eigenvalue weighted by Crippen LogP contribution is 2.19. The van der Waals surface area contributed by atoms with E-state index >= 15 is 0 Å². The minimum Gasteiger partial charge on any atom is -0.497 e. The van der Waals surface area contributed by atoms with Crippen LogP contribution in [0, 0.1) is 0 Å². The molecular weight excluding hydrogens is 338 g/mol. The van der Waals surface area contributed by atoms with Crippen molar-refractivity contribution in [3.8, 4) is 5.75 Å². The molecule has 1 N–H and O–H groups in total. The van der Waals surface area contributed by atoms with E-state index in [-0.39, 0.29) is 18.2 Å². The van der Waals surface area contributed by atoms with E-state index in [1.54, 1.807) is 7.11 Å². The predicted octanol–water partition coefficient (Wildman–Crippen LogP) is 0.961. The molecule has 0 aromatic heterocycles. The summed E-state index contributed by atoms with van der Waals surface area (Å²) in [6.45, 7) is 3.57. The fourth-order valence-corrected chi connectivity index (χ4v) is 4.19. The number of thioether (sulfide) groups is 1. The molecule has 2 amide bonds. The number of ether oxygens (including phenoxy) is 1. The van der Waals surface area contributed by atoms with Crippen LogP contribution in [0.15, 0.2) is 24.3 Å². The molecule has 0 saturated carbocycles. The van der Waals surface area contributed by atoms with Crippen molar-refractivity contribution in [2.75, 3.05) is 44.8 Å². The molecule has 0 spiro atoms. The van der Waals surface area contributed by atoms with Crippen molar-refractivity contribution in [2.24, 2.45) is 0 Å². The molecule has 2 aliphatic rings. The third kappa shape index (κ3) is 4.67. The van der Waals surface area contributed by atoms with Crippen molar-refractivity contribution < 1.29 is 14.3 Å². The van der Waals surface area contributed by atoms with Crippen molar-refractivity contribution in [2.45, 2.75) is 19.0 Å². The second-order valence-electron chi connectivity index (χ2n) is 6.33. The number of nitrogens with zero attached hydrogens (tertiary/aromatic N) is 2. The Balaban J connectivity index is 1.67. The van der Waals surface area contributed by atoms with E-state index in [0.717, 1.165) is 42.5 Å². The number of piperazine rings is 1. The van der Waals surface area contributed by atoms with E-state index in [4.69, 9.17) is 4.74 Å². The Morgan fingerprint density at radius 3 is 2.88 bits per heavy atom. The van der Waals surface area contributed by atoms with Gasteiger partial charge in [0.15, 0.2) is 0 Å². The number of rotatable bonds is 5. The van der Waals surface area contributed by atoms with Crippen LogP contribution in [0.3, 0.4) is 0 Å². The standard InChI is InChI=1S/C18H25N3O3S/c1-24-15-4-2-3-14(11-15)13-21-6-5-19-18(23)16(21)12-17(22)20-7-9-25-10-8-20/h2-4,11,16H,5-10,12-13H2,1H3,(H,19,23). The summed E-state index contributed by atoms with van der Waals surface area (Å²) >= 11 is 1.87. The largest absolute Gasteiger partial charge is 0.497 e. The summed E-state index contributed by atoms with van der Waals surface area (Å²) in [6.07, 6.45) is 0.250. The first-order valence-corrected chi connectivity index (χ1v) is 9.83. The highest BCUT2D eigenvalue weighted by atomic mass is 32.2. The Kier molecular flexibility index (Phi) is 6.20. The minimum atomic E-state index is -0.401. The zero-order valence-corrected chi connectivity index (χ0v) is 15.4. The monoisotopic (exact) mass is 363 g/mol. The molecular formula is C18H25N3O3S. The molecule has 136 valence electrons. The van der Waals surface area contributed by atoms with Crippen LogP contribution in [0.4, 0.5) is 0 Å². The lowest BCUT2D eigenvalue weighted by Gasteiger charge is -2.36. The van der Waals surface area contributed by atoms with Gasteiger partial charge < -0.3 is 15.0 Å². The smallest absolute Gasteiger partial charge is 0.237 e. The van der Waals surface area contributed by atoms with E-state index < -0.39 is 6.04 Å². The maximum Gasteiger partial charge on any atom is 0.237 e. The molecule has 2 saturated heterocycles. The molecule has 1 unspecified atom stereocenters. The summed E-state index contributed by atoms with van der Waals surface area (Å²) < 4.78 is 5.28. The first kappa shape index (κ1) is 18.1. The molecule has 2 heterocycles. The highest BCUT2D eigenvalue weighted by molar-refractivity contribution is 7.99. The van der Waals surface area contributed by atoms with E-state index in [2.05, 4.69) is 10.2 Å². The lowest BCUT2D eigenvalue weighted by atomic mass is 10.1. The molecule has 6 nitrogen and oxygen atoms in total. The van der Waals surface area contributed by atoms with Crippen molar-refractivity contribution in [3.63, 3.8) is 0 Å². The van der Waals surface area contributed by atoms with Gasteiger partial charge in [-0.2, -0.15) is 11.8 Å². The maximum absolute atomic E-state index is 12.6. The second kappa shape index (κ2) is 8.58. The van der Waals surface area contributed by atoms with Gasteiger partial charge in [-0.3, -0.25) is 14.5 Å². The van der Waals surface area contributed by atoms with Gasteiger partial charge >= 0.3 is 0 Å². The predicted molar refractivity (Wildman–Crippen MR) is 98.7 cm³/mol. The van der Waals surface area contributed by atoms with Crippen LogP contribution >= 0.6 is 11.8 Å². The highest BCUT2D eigenvalue weighted by Gasteiger charge is 2.33. The summed E-state index contributed by atoms with van der Waals surface area (Å²) in [6, 6.07) is 7.45. The number of amides is 2. The fourth-order valence-electron chi connectivity index (χ4n) is 3.29. The van der Waals surface area contributed by atoms with Gasteiger partial charge in [-0.1, -0.05) is 12.1 Å². The van der Waals surface area contributed by atoms with Crippen LogP contribution in [-0.2, 0) is 16.1 Å². The van der Waals surface area contributed by atoms with Crippen LogP contribution in [0.5, 0.6) is 5.75 Å². The van der Waals surface area contributed by atoms with Crippen LogP contribution in [-0.4, -0.2) is 72.5 Å². The molecule has 0 bridgehead atoms. The topological polar surface area (TPSA) is 61.9 Å². The third-order valence-electron chi connectivity index (χ3n) is 4.69. The molecule has 25 heavy (non-hydrogen) atoms. The van der Waals surface area contributed by atoms with E-state index in [9.17, 15) is 9.59 Å². The second-order valence-corrected chi connectivity index (χ2v) is 7.55. The van der Waals surface area contributed by atoms with E-state index in [1.807, 2.05) is 40.9 Å². The van der Waals surface area contributed by atoms with Gasteiger partial charge in [0.05, 0.1) is 19.6 Å². The Morgan fingerprint density at radius 2 is 2.12 bits per heavy atom. The SMILES string of the molecule is COc1cccc(CN2CCNC(=O)C2CC(=O)N2CCSCC2)c1. The Bertz CT molecular complexity index is 619. The molecule has 0 radical (unpaired) electrons. The lowest BCUT2D eigenvalue weighted by Crippen LogP contribution is -2.56. The summed E-state index contributed by atoms with van der Waals surface area (Å²) in [5.74, 6) is 2.80. The molecule has 0 aliphatic carbocycles. The van der Waals surface area contributed by atoms with Crippen molar-refractivity contribution >= 4 is 23.6 Å². The van der Waals surface area contributed by atoms with Gasteiger partial charge in [0, 0.05) is 44.2 Å². The summed E-state index contributed by atoms with van der Waals surface area (Å²) in [5, 5.41) is 2.90. The van der Waals surface area contributed by atoms with Crippen LogP contribution in [0.2, 0.25) is 0 Å². The minimum absolute atomic E-state index is 0.0473. The van der Waals surface area contributed by atoms with E-state index in [1.165, 1.54) is 0 Å². The number of benzene rings is 1. The molecule has 7 heteroatoms. The first-order chi connectivity index (χ1) is 12.2. The van der Waals surface area contributed by atoms with Crippen LogP contribution < -0.4 is 10.1 Å². The number of methoxy groups -OCH3 is 1. The lowest BCUT2D eigenvalue weighted by molar-refractivity contribution is -0.138. The number of carbonyl (C=O) groups excluding carboxylic acids is 2. The van der Waals surface area contributed by atoms with Gasteiger partial charge in [0.2, 0.25) is 11.8 Å².